The Kier molecular flexibility index (Phi) is 3.04. The summed E-state index contributed by atoms with van der Waals surface area (Å²) in [6.07, 6.45) is -1.00. The van der Waals surface area contributed by atoms with E-state index in [2.05, 4.69) is 21.5 Å². The first-order valence-electron chi connectivity index (χ1n) is 6.33. The number of imidazole rings is 1. The SMILES string of the molecule is C=C1[C@@H](CO)[C@H](O)[C@H](O)[C@H]1n1cnc2c(=O)[nH]c(N)nc21. The molecule has 9 heteroatoms. The summed E-state index contributed by atoms with van der Waals surface area (Å²) in [7, 11) is 0. The predicted octanol–water partition coefficient (Wildman–Crippen LogP) is -1.86. The number of aromatic nitrogens is 4. The van der Waals surface area contributed by atoms with Crippen LogP contribution in [0.5, 0.6) is 0 Å². The number of aliphatic hydroxyl groups excluding tert-OH is 3. The standard InChI is InChI=1S/C12H15N5O4/c1-4-5(2-18)8(19)9(20)7(4)17-3-14-6-10(17)15-12(13)16-11(6)21/h3,5,7-9,18-20H,1-2H2,(H3,13,15,16,21)/t5-,7+,8+,9-/m1/s1. The van der Waals surface area contributed by atoms with Gasteiger partial charge >= 0.3 is 0 Å². The van der Waals surface area contributed by atoms with Gasteiger partial charge in [0.1, 0.15) is 6.10 Å². The summed E-state index contributed by atoms with van der Waals surface area (Å²) in [5.41, 5.74) is 5.73. The van der Waals surface area contributed by atoms with E-state index in [0.29, 0.717) is 5.57 Å². The Balaban J connectivity index is 2.17. The number of fused-ring (bicyclic) bond motifs is 1. The van der Waals surface area contributed by atoms with Crippen LogP contribution in [0, 0.1) is 5.92 Å². The Morgan fingerprint density at radius 1 is 1.43 bits per heavy atom. The van der Waals surface area contributed by atoms with Crippen molar-refractivity contribution in [1.82, 2.24) is 19.5 Å². The molecule has 1 aliphatic carbocycles. The fourth-order valence-corrected chi connectivity index (χ4v) is 2.80. The molecular formula is C12H15N5O4. The van der Waals surface area contributed by atoms with Gasteiger partial charge in [0.15, 0.2) is 11.2 Å². The van der Waals surface area contributed by atoms with Gasteiger partial charge in [0.05, 0.1) is 25.1 Å². The molecule has 6 N–H and O–H groups in total. The monoisotopic (exact) mass is 293 g/mol. The zero-order chi connectivity index (χ0) is 15.3. The van der Waals surface area contributed by atoms with E-state index < -0.39 is 29.7 Å². The fourth-order valence-electron chi connectivity index (χ4n) is 2.80. The molecule has 0 aliphatic heterocycles. The van der Waals surface area contributed by atoms with Crippen LogP contribution in [0.4, 0.5) is 5.95 Å². The topological polar surface area (TPSA) is 150 Å². The van der Waals surface area contributed by atoms with Crippen LogP contribution in [0.25, 0.3) is 11.2 Å². The molecule has 0 amide bonds. The van der Waals surface area contributed by atoms with Gasteiger partial charge in [-0.1, -0.05) is 6.58 Å². The van der Waals surface area contributed by atoms with E-state index in [1.165, 1.54) is 10.9 Å². The lowest BCUT2D eigenvalue weighted by Crippen LogP contribution is -2.30. The third-order valence-corrected chi connectivity index (χ3v) is 3.89. The van der Waals surface area contributed by atoms with Crippen LogP contribution < -0.4 is 11.3 Å². The maximum absolute atomic E-state index is 11.7. The average Bonchev–Trinajstić information content (AvgIpc) is 2.91. The van der Waals surface area contributed by atoms with E-state index in [1.54, 1.807) is 0 Å². The van der Waals surface area contributed by atoms with Crippen molar-refractivity contribution in [2.45, 2.75) is 18.2 Å². The van der Waals surface area contributed by atoms with E-state index >= 15 is 0 Å². The van der Waals surface area contributed by atoms with Gasteiger partial charge in [0.2, 0.25) is 5.95 Å². The quantitative estimate of drug-likeness (QED) is 0.407. The summed E-state index contributed by atoms with van der Waals surface area (Å²) >= 11 is 0. The number of nitrogens with one attached hydrogen (secondary N) is 1. The molecule has 0 aromatic carbocycles. The third-order valence-electron chi connectivity index (χ3n) is 3.89. The van der Waals surface area contributed by atoms with Gasteiger partial charge in [0.25, 0.3) is 5.56 Å². The molecule has 1 saturated carbocycles. The highest BCUT2D eigenvalue weighted by molar-refractivity contribution is 5.71. The maximum Gasteiger partial charge on any atom is 0.280 e. The van der Waals surface area contributed by atoms with Gasteiger partial charge in [-0.25, -0.2) is 4.98 Å². The molecule has 3 rings (SSSR count). The summed E-state index contributed by atoms with van der Waals surface area (Å²) in [5.74, 6) is -0.728. The van der Waals surface area contributed by atoms with Gasteiger partial charge in [-0.2, -0.15) is 4.98 Å². The number of anilines is 1. The van der Waals surface area contributed by atoms with Crippen LogP contribution in [0.2, 0.25) is 0 Å². The molecule has 2 aromatic rings. The number of nitrogen functional groups attached to an aromatic ring is 1. The van der Waals surface area contributed by atoms with Crippen LogP contribution in [-0.4, -0.2) is 53.7 Å². The van der Waals surface area contributed by atoms with E-state index in [-0.39, 0.29) is 23.7 Å². The maximum atomic E-state index is 11.7. The molecule has 4 atom stereocenters. The molecule has 21 heavy (non-hydrogen) atoms. The second-order valence-corrected chi connectivity index (χ2v) is 5.07. The van der Waals surface area contributed by atoms with Crippen molar-refractivity contribution in [3.8, 4) is 0 Å². The van der Waals surface area contributed by atoms with Crippen molar-refractivity contribution in [3.05, 3.63) is 28.8 Å². The Bertz CT molecular complexity index is 767. The van der Waals surface area contributed by atoms with Crippen LogP contribution >= 0.6 is 0 Å². The molecule has 0 unspecified atom stereocenters. The minimum absolute atomic E-state index is 0.0751. The number of aromatic amines is 1. The summed E-state index contributed by atoms with van der Waals surface area (Å²) in [6.45, 7) is 3.49. The molecule has 0 radical (unpaired) electrons. The largest absolute Gasteiger partial charge is 0.396 e. The van der Waals surface area contributed by atoms with Crippen molar-refractivity contribution in [2.24, 2.45) is 5.92 Å². The first-order chi connectivity index (χ1) is 9.95. The number of H-pyrrole nitrogens is 1. The highest BCUT2D eigenvalue weighted by Crippen LogP contribution is 2.40. The van der Waals surface area contributed by atoms with Crippen LogP contribution in [0.15, 0.2) is 23.3 Å². The average molecular weight is 293 g/mol. The molecule has 0 bridgehead atoms. The zero-order valence-electron chi connectivity index (χ0n) is 11.0. The Hall–Kier alpha value is -2.23. The van der Waals surface area contributed by atoms with Crippen molar-refractivity contribution in [1.29, 1.82) is 0 Å². The number of rotatable bonds is 2. The minimum Gasteiger partial charge on any atom is -0.396 e. The number of nitrogens with two attached hydrogens (primary N) is 1. The smallest absolute Gasteiger partial charge is 0.280 e. The number of hydrogen-bond acceptors (Lipinski definition) is 7. The lowest BCUT2D eigenvalue weighted by atomic mass is 10.0. The van der Waals surface area contributed by atoms with Crippen molar-refractivity contribution in [3.63, 3.8) is 0 Å². The highest BCUT2D eigenvalue weighted by atomic mass is 16.3. The van der Waals surface area contributed by atoms with Crippen molar-refractivity contribution >= 4 is 17.1 Å². The summed E-state index contributed by atoms with van der Waals surface area (Å²) in [4.78, 5) is 22.0. The van der Waals surface area contributed by atoms with Gasteiger partial charge in [-0.15, -0.1) is 0 Å². The van der Waals surface area contributed by atoms with E-state index in [4.69, 9.17) is 5.73 Å². The van der Waals surface area contributed by atoms with E-state index in [0.717, 1.165) is 0 Å². The number of aliphatic hydroxyl groups is 3. The fraction of sp³-hybridized carbons (Fsp3) is 0.417. The first-order valence-corrected chi connectivity index (χ1v) is 6.33. The second-order valence-electron chi connectivity index (χ2n) is 5.07. The van der Waals surface area contributed by atoms with E-state index in [9.17, 15) is 20.1 Å². The molecule has 1 fully saturated rings. The lowest BCUT2D eigenvalue weighted by molar-refractivity contribution is -0.00327. The normalized spacial score (nSPS) is 29.4. The van der Waals surface area contributed by atoms with Crippen molar-refractivity contribution < 1.29 is 15.3 Å². The molecule has 2 aromatic heterocycles. The van der Waals surface area contributed by atoms with E-state index in [1.807, 2.05) is 0 Å². The number of hydrogen-bond donors (Lipinski definition) is 5. The zero-order valence-corrected chi connectivity index (χ0v) is 11.0. The van der Waals surface area contributed by atoms with Crippen LogP contribution in [0.3, 0.4) is 0 Å². The summed E-state index contributed by atoms with van der Waals surface area (Å²) < 4.78 is 1.44. The molecule has 112 valence electrons. The number of nitrogens with zero attached hydrogens (tertiary/aromatic N) is 3. The molecule has 0 saturated heterocycles. The highest BCUT2D eigenvalue weighted by Gasteiger charge is 2.45. The molecule has 1 aliphatic rings. The van der Waals surface area contributed by atoms with Gasteiger partial charge < -0.3 is 25.6 Å². The Morgan fingerprint density at radius 2 is 2.14 bits per heavy atom. The molecule has 0 spiro atoms. The van der Waals surface area contributed by atoms with Gasteiger partial charge in [-0.3, -0.25) is 9.78 Å². The molecule has 9 nitrogen and oxygen atoms in total. The minimum atomic E-state index is -1.19. The lowest BCUT2D eigenvalue weighted by Gasteiger charge is -2.18. The second kappa shape index (κ2) is 4.65. The van der Waals surface area contributed by atoms with Crippen molar-refractivity contribution in [2.75, 3.05) is 12.3 Å². The van der Waals surface area contributed by atoms with Crippen LogP contribution in [-0.2, 0) is 0 Å². The molecule has 2 heterocycles. The summed E-state index contributed by atoms with van der Waals surface area (Å²) in [6, 6.07) is -0.740. The predicted molar refractivity (Wildman–Crippen MR) is 73.3 cm³/mol. The van der Waals surface area contributed by atoms with Crippen LogP contribution in [0.1, 0.15) is 6.04 Å². The summed E-state index contributed by atoms with van der Waals surface area (Å²) in [5, 5.41) is 29.4. The van der Waals surface area contributed by atoms with Gasteiger partial charge in [0, 0.05) is 5.92 Å². The van der Waals surface area contributed by atoms with Gasteiger partial charge in [-0.05, 0) is 5.57 Å². The first kappa shape index (κ1) is 13.7. The third kappa shape index (κ3) is 1.86. The Labute approximate surface area is 118 Å². The molecular weight excluding hydrogens is 278 g/mol. The Morgan fingerprint density at radius 3 is 2.76 bits per heavy atom.